The van der Waals surface area contributed by atoms with Crippen molar-refractivity contribution >= 4 is 41.4 Å². The second kappa shape index (κ2) is 13.8. The molecule has 166 valence electrons. The van der Waals surface area contributed by atoms with Crippen molar-refractivity contribution in [2.75, 3.05) is 18.6 Å². The largest absolute Gasteiger partial charge is 0.480 e. The Kier molecular flexibility index (Phi) is 12.7. The average molecular weight is 434 g/mol. The number of amides is 4. The highest BCUT2D eigenvalue weighted by atomic mass is 32.2. The van der Waals surface area contributed by atoms with Gasteiger partial charge in [-0.3, -0.25) is 19.2 Å². The van der Waals surface area contributed by atoms with E-state index in [4.69, 9.17) is 11.5 Å². The number of hydrogen-bond donors (Lipinski definition) is 6. The van der Waals surface area contributed by atoms with E-state index < -0.39 is 47.7 Å². The number of nitrogens with two attached hydrogens (primary N) is 2. The highest BCUT2D eigenvalue weighted by Gasteiger charge is 2.31. The van der Waals surface area contributed by atoms with E-state index in [1.54, 1.807) is 13.8 Å². The molecule has 11 nitrogen and oxygen atoms in total. The Hall–Kier alpha value is -2.34. The Morgan fingerprint density at radius 2 is 1.59 bits per heavy atom. The molecule has 29 heavy (non-hydrogen) atoms. The summed E-state index contributed by atoms with van der Waals surface area (Å²) in [4.78, 5) is 59.1. The summed E-state index contributed by atoms with van der Waals surface area (Å²) < 4.78 is 0. The quantitative estimate of drug-likeness (QED) is 0.184. The van der Waals surface area contributed by atoms with Crippen molar-refractivity contribution in [2.45, 2.75) is 51.2 Å². The predicted octanol–water partition coefficient (Wildman–Crippen LogP) is -1.84. The maximum absolute atomic E-state index is 12.6. The molecule has 0 rings (SSSR count). The average Bonchev–Trinajstić information content (AvgIpc) is 2.64. The molecule has 0 aliphatic heterocycles. The molecule has 0 spiro atoms. The third kappa shape index (κ3) is 10.7. The molecule has 0 saturated carbocycles. The van der Waals surface area contributed by atoms with Gasteiger partial charge in [0.25, 0.3) is 0 Å². The topological polar surface area (TPSA) is 194 Å². The van der Waals surface area contributed by atoms with E-state index in [1.807, 2.05) is 6.26 Å². The number of rotatable bonds is 14. The molecular weight excluding hydrogens is 402 g/mol. The molecule has 3 atom stereocenters. The van der Waals surface area contributed by atoms with E-state index in [0.717, 1.165) is 0 Å². The Bertz CT molecular complexity index is 601. The fourth-order valence-corrected chi connectivity index (χ4v) is 2.82. The van der Waals surface area contributed by atoms with E-state index in [-0.39, 0.29) is 31.7 Å². The normalized spacial score (nSPS) is 13.8. The third-order valence-electron chi connectivity index (χ3n) is 3.99. The molecule has 3 unspecified atom stereocenters. The summed E-state index contributed by atoms with van der Waals surface area (Å²) in [5.74, 6) is -3.61. The van der Waals surface area contributed by atoms with E-state index in [0.29, 0.717) is 5.75 Å². The van der Waals surface area contributed by atoms with Gasteiger partial charge in [-0.25, -0.2) is 4.79 Å². The zero-order valence-corrected chi connectivity index (χ0v) is 17.7. The lowest BCUT2D eigenvalue weighted by atomic mass is 10.0. The molecule has 0 aromatic rings. The van der Waals surface area contributed by atoms with E-state index in [9.17, 15) is 29.1 Å². The molecule has 0 radical (unpaired) electrons. The van der Waals surface area contributed by atoms with Crippen molar-refractivity contribution in [3.05, 3.63) is 0 Å². The Morgan fingerprint density at radius 3 is 2.03 bits per heavy atom. The Labute approximate surface area is 174 Å². The highest BCUT2D eigenvalue weighted by molar-refractivity contribution is 7.98. The maximum atomic E-state index is 12.6. The first-order valence-corrected chi connectivity index (χ1v) is 10.5. The first kappa shape index (κ1) is 26.7. The minimum Gasteiger partial charge on any atom is -0.480 e. The number of nitrogens with one attached hydrogen (secondary N) is 3. The van der Waals surface area contributed by atoms with Crippen LogP contribution in [0.15, 0.2) is 0 Å². The fraction of sp³-hybridized carbons (Fsp3) is 0.706. The molecule has 0 aromatic heterocycles. The summed E-state index contributed by atoms with van der Waals surface area (Å²) in [6.07, 6.45) is 1.83. The molecular formula is C17H31N5O6S. The number of thioether (sulfide) groups is 1. The van der Waals surface area contributed by atoms with Crippen LogP contribution in [0.25, 0.3) is 0 Å². The van der Waals surface area contributed by atoms with Gasteiger partial charge in [-0.05, 0) is 30.8 Å². The van der Waals surface area contributed by atoms with Crippen LogP contribution in [0.2, 0.25) is 0 Å². The van der Waals surface area contributed by atoms with Gasteiger partial charge in [-0.15, -0.1) is 0 Å². The smallest absolute Gasteiger partial charge is 0.326 e. The molecule has 0 fully saturated rings. The number of carbonyl (C=O) groups is 5. The first-order valence-electron chi connectivity index (χ1n) is 9.13. The van der Waals surface area contributed by atoms with E-state index in [2.05, 4.69) is 16.0 Å². The van der Waals surface area contributed by atoms with Crippen molar-refractivity contribution in [3.8, 4) is 0 Å². The van der Waals surface area contributed by atoms with Crippen molar-refractivity contribution in [1.29, 1.82) is 0 Å². The standard InChI is InChI=1S/C17H31N5O6S/c1-9(2)14(16(26)21-11(17(27)28)6-7-29-3)22-15(25)10(4-5-12(19)23)20-13(24)8-18/h9-11,14H,4-8,18H2,1-3H3,(H2,19,23)(H,20,24)(H,21,26)(H,22,25)(H,27,28). The number of carboxylic acid groups (broad SMARTS) is 1. The molecule has 8 N–H and O–H groups in total. The lowest BCUT2D eigenvalue weighted by Crippen LogP contribution is -2.57. The third-order valence-corrected chi connectivity index (χ3v) is 4.63. The molecule has 0 aliphatic carbocycles. The van der Waals surface area contributed by atoms with Crippen LogP contribution in [-0.4, -0.2) is 71.4 Å². The van der Waals surface area contributed by atoms with Gasteiger partial charge in [-0.1, -0.05) is 13.8 Å². The number of carbonyl (C=O) groups excluding carboxylic acids is 4. The molecule has 0 aliphatic rings. The summed E-state index contributed by atoms with van der Waals surface area (Å²) in [6, 6.07) is -3.24. The monoisotopic (exact) mass is 433 g/mol. The Balaban J connectivity index is 5.25. The van der Waals surface area contributed by atoms with Gasteiger partial charge >= 0.3 is 5.97 Å². The predicted molar refractivity (Wildman–Crippen MR) is 109 cm³/mol. The Morgan fingerprint density at radius 1 is 0.966 bits per heavy atom. The first-order chi connectivity index (χ1) is 13.5. The summed E-state index contributed by atoms with van der Waals surface area (Å²) in [7, 11) is 0. The van der Waals surface area contributed by atoms with E-state index in [1.165, 1.54) is 11.8 Å². The summed E-state index contributed by atoms with van der Waals surface area (Å²) >= 11 is 1.45. The van der Waals surface area contributed by atoms with Crippen LogP contribution in [0.4, 0.5) is 0 Å². The fourth-order valence-electron chi connectivity index (χ4n) is 2.35. The van der Waals surface area contributed by atoms with Crippen LogP contribution in [0.5, 0.6) is 0 Å². The van der Waals surface area contributed by atoms with Gasteiger partial charge in [0.2, 0.25) is 23.6 Å². The number of hydrogen-bond acceptors (Lipinski definition) is 7. The van der Waals surface area contributed by atoms with Gasteiger partial charge in [0, 0.05) is 6.42 Å². The van der Waals surface area contributed by atoms with Crippen molar-refractivity contribution < 1.29 is 29.1 Å². The molecule has 0 bridgehead atoms. The van der Waals surface area contributed by atoms with Crippen molar-refractivity contribution in [2.24, 2.45) is 17.4 Å². The minimum absolute atomic E-state index is 0.0647. The van der Waals surface area contributed by atoms with Gasteiger partial charge in [0.15, 0.2) is 0 Å². The zero-order chi connectivity index (χ0) is 22.6. The van der Waals surface area contributed by atoms with Crippen LogP contribution in [0.1, 0.15) is 33.1 Å². The van der Waals surface area contributed by atoms with Crippen LogP contribution >= 0.6 is 11.8 Å². The highest BCUT2D eigenvalue weighted by Crippen LogP contribution is 2.07. The van der Waals surface area contributed by atoms with Gasteiger partial charge in [-0.2, -0.15) is 11.8 Å². The number of primary amides is 1. The van der Waals surface area contributed by atoms with Crippen molar-refractivity contribution in [3.63, 3.8) is 0 Å². The second-order valence-corrected chi connectivity index (χ2v) is 7.73. The summed E-state index contributed by atoms with van der Waals surface area (Å²) in [5.41, 5.74) is 10.3. The molecule has 12 heteroatoms. The number of carboxylic acids is 1. The summed E-state index contributed by atoms with van der Waals surface area (Å²) in [5, 5.41) is 16.6. The molecule has 0 heterocycles. The van der Waals surface area contributed by atoms with Crippen LogP contribution in [0.3, 0.4) is 0 Å². The SMILES string of the molecule is CSCCC(NC(=O)C(NC(=O)C(CCC(N)=O)NC(=O)CN)C(C)C)C(=O)O. The summed E-state index contributed by atoms with van der Waals surface area (Å²) in [6.45, 7) is 3.00. The van der Waals surface area contributed by atoms with Gasteiger partial charge < -0.3 is 32.5 Å². The molecule has 0 aromatic carbocycles. The molecule has 4 amide bonds. The van der Waals surface area contributed by atoms with Crippen LogP contribution in [-0.2, 0) is 24.0 Å². The lowest BCUT2D eigenvalue weighted by molar-refractivity contribution is -0.142. The number of aliphatic carboxylic acids is 1. The zero-order valence-electron chi connectivity index (χ0n) is 16.9. The minimum atomic E-state index is -1.17. The van der Waals surface area contributed by atoms with Crippen LogP contribution in [0, 0.1) is 5.92 Å². The van der Waals surface area contributed by atoms with E-state index >= 15 is 0 Å². The van der Waals surface area contributed by atoms with Crippen LogP contribution < -0.4 is 27.4 Å². The van der Waals surface area contributed by atoms with Gasteiger partial charge in [0.1, 0.15) is 18.1 Å². The van der Waals surface area contributed by atoms with Crippen molar-refractivity contribution in [1.82, 2.24) is 16.0 Å². The van der Waals surface area contributed by atoms with Gasteiger partial charge in [0.05, 0.1) is 6.54 Å². The maximum Gasteiger partial charge on any atom is 0.326 e. The molecule has 0 saturated heterocycles. The second-order valence-electron chi connectivity index (χ2n) is 6.74. The lowest BCUT2D eigenvalue weighted by Gasteiger charge is -2.26.